The van der Waals surface area contributed by atoms with Crippen LogP contribution in [0.25, 0.3) is 0 Å². The average molecular weight is 828 g/mol. The van der Waals surface area contributed by atoms with Crippen LogP contribution in [-0.4, -0.2) is 49.9 Å². The van der Waals surface area contributed by atoms with Gasteiger partial charge in [-0.3, -0.25) is 13.8 Å². The molecule has 0 aromatic heterocycles. The van der Waals surface area contributed by atoms with Gasteiger partial charge in [0.15, 0.2) is 0 Å². The van der Waals surface area contributed by atoms with E-state index in [1.807, 2.05) is 0 Å². The number of phosphoric acid groups is 1. The predicted molar refractivity (Wildman–Crippen MR) is 243 cm³/mol. The van der Waals surface area contributed by atoms with Crippen molar-refractivity contribution in [1.82, 2.24) is 0 Å². The zero-order valence-corrected chi connectivity index (χ0v) is 38.5. The molecule has 0 saturated heterocycles. The topological polar surface area (TPSA) is 117 Å². The molecule has 0 saturated carbocycles. The standard InChI is InChI=1S/C48H94NO7P/c1-3-5-7-9-11-13-15-17-19-21-23-24-25-27-29-31-33-35-37-39-41-48(50)56-47(46-55-57(51,52)54-44-42-49)45-53-43-40-38-36-34-32-30-28-26-22-20-18-16-14-12-10-8-6-4-2/h12,14,18,20,47H,3-11,13,15-17,19,21-46,49H2,1-2H3,(H,51,52)/b14-12-,20-18-. The summed E-state index contributed by atoms with van der Waals surface area (Å²) in [6, 6.07) is 0. The molecule has 0 spiro atoms. The molecule has 0 aliphatic heterocycles. The van der Waals surface area contributed by atoms with E-state index in [1.165, 1.54) is 180 Å². The first-order valence-electron chi connectivity index (χ1n) is 24.3. The van der Waals surface area contributed by atoms with Gasteiger partial charge in [0.25, 0.3) is 0 Å². The van der Waals surface area contributed by atoms with Crippen LogP contribution in [0.4, 0.5) is 0 Å². The maximum atomic E-state index is 12.6. The van der Waals surface area contributed by atoms with Crippen molar-refractivity contribution in [1.29, 1.82) is 0 Å². The largest absolute Gasteiger partial charge is 0.472 e. The van der Waals surface area contributed by atoms with Gasteiger partial charge in [0, 0.05) is 19.6 Å². The maximum absolute atomic E-state index is 12.6. The fourth-order valence-electron chi connectivity index (χ4n) is 7.03. The number of esters is 1. The fourth-order valence-corrected chi connectivity index (χ4v) is 7.79. The van der Waals surface area contributed by atoms with Gasteiger partial charge in [-0.15, -0.1) is 0 Å². The highest BCUT2D eigenvalue weighted by molar-refractivity contribution is 7.47. The first-order chi connectivity index (χ1) is 27.9. The SMILES string of the molecule is CCCCC/C=C\C/C=C\CCCCCCCCCCOCC(COP(=O)(O)OCCN)OC(=O)CCCCCCCCCCCCCCCCCCCCCC. The van der Waals surface area contributed by atoms with Crippen LogP contribution in [0.15, 0.2) is 24.3 Å². The normalized spacial score (nSPS) is 13.5. The van der Waals surface area contributed by atoms with Gasteiger partial charge in [0.1, 0.15) is 6.10 Å². The lowest BCUT2D eigenvalue weighted by Crippen LogP contribution is -2.28. The molecule has 3 N–H and O–H groups in total. The smallest absolute Gasteiger partial charge is 0.457 e. The molecule has 8 nitrogen and oxygen atoms in total. The minimum absolute atomic E-state index is 0.0944. The van der Waals surface area contributed by atoms with E-state index < -0.39 is 13.9 Å². The quantitative estimate of drug-likeness (QED) is 0.0270. The molecular formula is C48H94NO7P. The van der Waals surface area contributed by atoms with Gasteiger partial charge in [0.05, 0.1) is 19.8 Å². The Morgan fingerprint density at radius 1 is 0.526 bits per heavy atom. The van der Waals surface area contributed by atoms with Crippen molar-refractivity contribution in [2.75, 3.05) is 33.0 Å². The summed E-state index contributed by atoms with van der Waals surface area (Å²) in [7, 11) is -4.28. The molecule has 0 aliphatic carbocycles. The molecule has 338 valence electrons. The molecule has 0 rings (SSSR count). The van der Waals surface area contributed by atoms with E-state index in [1.54, 1.807) is 0 Å². The van der Waals surface area contributed by atoms with E-state index in [-0.39, 0.29) is 32.3 Å². The number of hydrogen-bond acceptors (Lipinski definition) is 7. The van der Waals surface area contributed by atoms with Crippen molar-refractivity contribution in [3.05, 3.63) is 24.3 Å². The summed E-state index contributed by atoms with van der Waals surface area (Å²) in [4.78, 5) is 22.6. The number of nitrogens with two attached hydrogens (primary N) is 1. The number of carbonyl (C=O) groups is 1. The second-order valence-electron chi connectivity index (χ2n) is 16.3. The second-order valence-corrected chi connectivity index (χ2v) is 17.8. The minimum atomic E-state index is -4.28. The molecule has 0 heterocycles. The van der Waals surface area contributed by atoms with E-state index in [9.17, 15) is 14.3 Å². The Hall–Kier alpha value is -1.02. The van der Waals surface area contributed by atoms with Crippen molar-refractivity contribution < 1.29 is 32.8 Å². The molecule has 57 heavy (non-hydrogen) atoms. The monoisotopic (exact) mass is 828 g/mol. The summed E-state index contributed by atoms with van der Waals surface area (Å²) in [5.74, 6) is -0.327. The number of hydrogen-bond donors (Lipinski definition) is 2. The van der Waals surface area contributed by atoms with E-state index in [2.05, 4.69) is 38.2 Å². The summed E-state index contributed by atoms with van der Waals surface area (Å²) >= 11 is 0. The number of rotatable bonds is 47. The first kappa shape index (κ1) is 56.0. The second kappa shape index (κ2) is 46.1. The summed E-state index contributed by atoms with van der Waals surface area (Å²) in [5.41, 5.74) is 5.38. The van der Waals surface area contributed by atoms with Gasteiger partial charge in [0.2, 0.25) is 0 Å². The Kier molecular flexibility index (Phi) is 45.2. The fraction of sp³-hybridized carbons (Fsp3) is 0.896. The van der Waals surface area contributed by atoms with Crippen LogP contribution in [0.1, 0.15) is 239 Å². The van der Waals surface area contributed by atoms with E-state index in [4.69, 9.17) is 24.3 Å². The number of allylic oxidation sites excluding steroid dienone is 4. The summed E-state index contributed by atoms with van der Waals surface area (Å²) in [6.07, 6.45) is 52.0. The van der Waals surface area contributed by atoms with E-state index in [0.29, 0.717) is 13.0 Å². The highest BCUT2D eigenvalue weighted by atomic mass is 31.2. The van der Waals surface area contributed by atoms with Crippen molar-refractivity contribution in [2.45, 2.75) is 245 Å². The van der Waals surface area contributed by atoms with Gasteiger partial charge in [-0.1, -0.05) is 212 Å². The van der Waals surface area contributed by atoms with Gasteiger partial charge in [-0.05, 0) is 44.9 Å². The van der Waals surface area contributed by atoms with E-state index in [0.717, 1.165) is 38.5 Å². The summed E-state index contributed by atoms with van der Waals surface area (Å²) < 4.78 is 33.5. The lowest BCUT2D eigenvalue weighted by atomic mass is 10.0. The molecule has 0 bridgehead atoms. The van der Waals surface area contributed by atoms with Crippen molar-refractivity contribution in [2.24, 2.45) is 5.73 Å². The Bertz CT molecular complexity index is 930. The third kappa shape index (κ3) is 45.9. The van der Waals surface area contributed by atoms with Crippen LogP contribution in [0.2, 0.25) is 0 Å². The average Bonchev–Trinajstić information content (AvgIpc) is 3.20. The van der Waals surface area contributed by atoms with Crippen LogP contribution in [-0.2, 0) is 27.9 Å². The van der Waals surface area contributed by atoms with Crippen LogP contribution in [0, 0.1) is 0 Å². The Balaban J connectivity index is 3.94. The lowest BCUT2D eigenvalue weighted by molar-refractivity contribution is -0.154. The molecule has 0 fully saturated rings. The van der Waals surface area contributed by atoms with Crippen LogP contribution in [0.5, 0.6) is 0 Å². The van der Waals surface area contributed by atoms with Crippen LogP contribution < -0.4 is 5.73 Å². The summed E-state index contributed by atoms with van der Waals surface area (Å²) in [6.45, 7) is 4.93. The molecule has 0 aromatic carbocycles. The first-order valence-corrected chi connectivity index (χ1v) is 25.8. The third-order valence-electron chi connectivity index (χ3n) is 10.6. The number of phosphoric ester groups is 1. The highest BCUT2D eigenvalue weighted by Gasteiger charge is 2.25. The maximum Gasteiger partial charge on any atom is 0.472 e. The zero-order chi connectivity index (χ0) is 41.6. The Morgan fingerprint density at radius 3 is 1.40 bits per heavy atom. The lowest BCUT2D eigenvalue weighted by Gasteiger charge is -2.20. The van der Waals surface area contributed by atoms with Gasteiger partial charge in [-0.2, -0.15) is 0 Å². The van der Waals surface area contributed by atoms with Gasteiger partial charge >= 0.3 is 13.8 Å². The molecular weight excluding hydrogens is 734 g/mol. The molecule has 0 radical (unpaired) electrons. The molecule has 0 amide bonds. The number of ether oxygens (including phenoxy) is 2. The van der Waals surface area contributed by atoms with Gasteiger partial charge < -0.3 is 20.1 Å². The zero-order valence-electron chi connectivity index (χ0n) is 37.6. The van der Waals surface area contributed by atoms with Crippen LogP contribution in [0.3, 0.4) is 0 Å². The van der Waals surface area contributed by atoms with Crippen molar-refractivity contribution in [3.8, 4) is 0 Å². The summed E-state index contributed by atoms with van der Waals surface area (Å²) in [5, 5.41) is 0. The third-order valence-corrected chi connectivity index (χ3v) is 11.6. The molecule has 2 atom stereocenters. The number of unbranched alkanes of at least 4 members (excludes halogenated alkanes) is 30. The van der Waals surface area contributed by atoms with Crippen LogP contribution >= 0.6 is 7.82 Å². The van der Waals surface area contributed by atoms with Gasteiger partial charge in [-0.25, -0.2) is 4.57 Å². The molecule has 0 aliphatic rings. The molecule has 0 aromatic rings. The Morgan fingerprint density at radius 2 is 0.930 bits per heavy atom. The predicted octanol–water partition coefficient (Wildman–Crippen LogP) is 14.8. The molecule has 9 heteroatoms. The molecule has 2 unspecified atom stereocenters. The van der Waals surface area contributed by atoms with E-state index >= 15 is 0 Å². The Labute approximate surface area is 353 Å². The number of carbonyl (C=O) groups excluding carboxylic acids is 1. The van der Waals surface area contributed by atoms with Crippen molar-refractivity contribution >= 4 is 13.8 Å². The van der Waals surface area contributed by atoms with Crippen molar-refractivity contribution in [3.63, 3.8) is 0 Å². The highest BCUT2D eigenvalue weighted by Crippen LogP contribution is 2.43. The minimum Gasteiger partial charge on any atom is -0.457 e.